The zero-order valence-corrected chi connectivity index (χ0v) is 14.1. The predicted molar refractivity (Wildman–Crippen MR) is 85.0 cm³/mol. The fourth-order valence-corrected chi connectivity index (χ4v) is 4.01. The van der Waals surface area contributed by atoms with Crippen LogP contribution in [-0.2, 0) is 16.6 Å². The first kappa shape index (κ1) is 15.9. The van der Waals surface area contributed by atoms with E-state index in [-0.39, 0.29) is 5.75 Å². The molecule has 112 valence electrons. The summed E-state index contributed by atoms with van der Waals surface area (Å²) in [4.78, 5) is 0. The molecule has 0 amide bonds. The minimum Gasteiger partial charge on any atom is -0.310 e. The number of hydrogen-bond acceptors (Lipinski definition) is 3. The van der Waals surface area contributed by atoms with Crippen molar-refractivity contribution >= 4 is 26.0 Å². The van der Waals surface area contributed by atoms with Gasteiger partial charge in [0.1, 0.15) is 0 Å². The summed E-state index contributed by atoms with van der Waals surface area (Å²) in [6.07, 6.45) is 1.76. The van der Waals surface area contributed by atoms with Gasteiger partial charge in [-0.2, -0.15) is 0 Å². The fourth-order valence-electron chi connectivity index (χ4n) is 2.43. The van der Waals surface area contributed by atoms with E-state index in [1.54, 1.807) is 11.2 Å². The van der Waals surface area contributed by atoms with E-state index in [0.29, 0.717) is 19.1 Å². The van der Waals surface area contributed by atoms with Gasteiger partial charge in [0.25, 0.3) is 0 Å². The first-order chi connectivity index (χ1) is 9.51. The van der Waals surface area contributed by atoms with Crippen molar-refractivity contribution in [3.8, 4) is 0 Å². The summed E-state index contributed by atoms with van der Waals surface area (Å²) in [6, 6.07) is 8.63. The number of sulfonamides is 1. The molecule has 0 aliphatic carbocycles. The van der Waals surface area contributed by atoms with Gasteiger partial charge in [-0.1, -0.05) is 28.1 Å². The molecule has 1 aliphatic heterocycles. The highest BCUT2D eigenvalue weighted by atomic mass is 79.9. The van der Waals surface area contributed by atoms with Gasteiger partial charge in [0, 0.05) is 30.1 Å². The second-order valence-electron chi connectivity index (χ2n) is 5.08. The van der Waals surface area contributed by atoms with Crippen molar-refractivity contribution in [2.45, 2.75) is 32.4 Å². The summed E-state index contributed by atoms with van der Waals surface area (Å²) in [6.45, 7) is 3.79. The first-order valence-corrected chi connectivity index (χ1v) is 9.37. The number of nitrogens with zero attached hydrogens (tertiary/aromatic N) is 1. The highest BCUT2D eigenvalue weighted by Crippen LogP contribution is 2.16. The third-order valence-electron chi connectivity index (χ3n) is 3.70. The minimum atomic E-state index is -3.02. The second kappa shape index (κ2) is 7.02. The molecule has 1 aromatic rings. The Hall–Kier alpha value is -0.430. The van der Waals surface area contributed by atoms with Gasteiger partial charge in [-0.25, -0.2) is 12.7 Å². The van der Waals surface area contributed by atoms with Gasteiger partial charge in [-0.15, -0.1) is 0 Å². The van der Waals surface area contributed by atoms with Crippen LogP contribution >= 0.6 is 15.9 Å². The molecule has 0 spiro atoms. The van der Waals surface area contributed by atoms with Crippen LogP contribution in [0.15, 0.2) is 28.7 Å². The summed E-state index contributed by atoms with van der Waals surface area (Å²) in [5.41, 5.74) is 1.24. The summed E-state index contributed by atoms with van der Waals surface area (Å²) in [5, 5.41) is 3.51. The van der Waals surface area contributed by atoms with Gasteiger partial charge in [0.15, 0.2) is 0 Å². The average molecular weight is 361 g/mol. The number of halogens is 1. The van der Waals surface area contributed by atoms with E-state index in [1.807, 2.05) is 12.1 Å². The fraction of sp³-hybridized carbons (Fsp3) is 0.571. The molecule has 0 atom stereocenters. The molecular formula is C14H21BrN2O2S. The molecule has 0 bridgehead atoms. The van der Waals surface area contributed by atoms with E-state index < -0.39 is 10.0 Å². The Kier molecular flexibility index (Phi) is 5.60. The van der Waals surface area contributed by atoms with Gasteiger partial charge >= 0.3 is 0 Å². The van der Waals surface area contributed by atoms with Crippen LogP contribution < -0.4 is 5.32 Å². The van der Waals surface area contributed by atoms with Gasteiger partial charge in [-0.05, 0) is 37.5 Å². The Balaban J connectivity index is 1.80. The predicted octanol–water partition coefficient (Wildman–Crippen LogP) is 2.35. The number of hydrogen-bond donors (Lipinski definition) is 1. The molecule has 0 saturated carbocycles. The summed E-state index contributed by atoms with van der Waals surface area (Å²) in [7, 11) is -3.02. The molecule has 6 heteroatoms. The molecule has 1 heterocycles. The van der Waals surface area contributed by atoms with E-state index in [9.17, 15) is 8.42 Å². The van der Waals surface area contributed by atoms with Crippen LogP contribution in [0.5, 0.6) is 0 Å². The largest absolute Gasteiger partial charge is 0.310 e. The summed E-state index contributed by atoms with van der Waals surface area (Å²) < 4.78 is 26.3. The standard InChI is InChI=1S/C14H21BrN2O2S/c1-2-20(18,19)17-8-6-14(7-9-17)16-11-12-4-3-5-13(15)10-12/h3-5,10,14,16H,2,6-9,11H2,1H3. The number of benzene rings is 1. The molecule has 0 unspecified atom stereocenters. The average Bonchev–Trinajstić information content (AvgIpc) is 2.46. The van der Waals surface area contributed by atoms with Gasteiger partial charge in [0.2, 0.25) is 10.0 Å². The van der Waals surface area contributed by atoms with Gasteiger partial charge < -0.3 is 5.32 Å². The Labute approximate surface area is 129 Å². The van der Waals surface area contributed by atoms with Crippen molar-refractivity contribution in [2.75, 3.05) is 18.8 Å². The molecule has 2 rings (SSSR count). The number of nitrogens with one attached hydrogen (secondary N) is 1. The quantitative estimate of drug-likeness (QED) is 0.876. The van der Waals surface area contributed by atoms with Crippen molar-refractivity contribution in [3.05, 3.63) is 34.3 Å². The highest BCUT2D eigenvalue weighted by Gasteiger charge is 2.26. The van der Waals surface area contributed by atoms with E-state index >= 15 is 0 Å². The molecule has 1 aliphatic rings. The lowest BCUT2D eigenvalue weighted by atomic mass is 10.1. The van der Waals surface area contributed by atoms with Crippen LogP contribution in [0.1, 0.15) is 25.3 Å². The smallest absolute Gasteiger partial charge is 0.213 e. The van der Waals surface area contributed by atoms with Gasteiger partial charge in [0.05, 0.1) is 5.75 Å². The molecule has 1 N–H and O–H groups in total. The molecular weight excluding hydrogens is 340 g/mol. The van der Waals surface area contributed by atoms with Crippen LogP contribution in [0.2, 0.25) is 0 Å². The minimum absolute atomic E-state index is 0.198. The molecule has 0 aromatic heterocycles. The van der Waals surface area contributed by atoms with Crippen molar-refractivity contribution in [1.29, 1.82) is 0 Å². The zero-order valence-electron chi connectivity index (χ0n) is 11.7. The van der Waals surface area contributed by atoms with Crippen LogP contribution in [0, 0.1) is 0 Å². The van der Waals surface area contributed by atoms with E-state index in [1.165, 1.54) is 5.56 Å². The molecule has 1 aromatic carbocycles. The maximum absolute atomic E-state index is 11.8. The molecule has 20 heavy (non-hydrogen) atoms. The lowest BCUT2D eigenvalue weighted by Gasteiger charge is -2.31. The lowest BCUT2D eigenvalue weighted by molar-refractivity contribution is 0.289. The first-order valence-electron chi connectivity index (χ1n) is 6.97. The van der Waals surface area contributed by atoms with Crippen molar-refractivity contribution in [3.63, 3.8) is 0 Å². The Morgan fingerprint density at radius 3 is 2.65 bits per heavy atom. The molecule has 1 fully saturated rings. The third kappa shape index (κ3) is 4.28. The topological polar surface area (TPSA) is 49.4 Å². The Morgan fingerprint density at radius 2 is 2.05 bits per heavy atom. The maximum Gasteiger partial charge on any atom is 0.213 e. The van der Waals surface area contributed by atoms with E-state index in [2.05, 4.69) is 33.4 Å². The summed E-state index contributed by atoms with van der Waals surface area (Å²) >= 11 is 3.46. The van der Waals surface area contributed by atoms with Crippen molar-refractivity contribution in [2.24, 2.45) is 0 Å². The van der Waals surface area contributed by atoms with E-state index in [4.69, 9.17) is 0 Å². The normalized spacial score (nSPS) is 18.3. The van der Waals surface area contributed by atoms with Crippen molar-refractivity contribution in [1.82, 2.24) is 9.62 Å². The Morgan fingerprint density at radius 1 is 1.35 bits per heavy atom. The SMILES string of the molecule is CCS(=O)(=O)N1CCC(NCc2cccc(Br)c2)CC1. The molecule has 4 nitrogen and oxygen atoms in total. The molecule has 1 saturated heterocycles. The maximum atomic E-state index is 11.8. The van der Waals surface area contributed by atoms with Crippen LogP contribution in [0.25, 0.3) is 0 Å². The van der Waals surface area contributed by atoms with Crippen molar-refractivity contribution < 1.29 is 8.42 Å². The van der Waals surface area contributed by atoms with Crippen LogP contribution in [0.4, 0.5) is 0 Å². The second-order valence-corrected chi connectivity index (χ2v) is 8.26. The van der Waals surface area contributed by atoms with E-state index in [0.717, 1.165) is 23.9 Å². The zero-order chi connectivity index (χ0) is 14.6. The third-order valence-corrected chi connectivity index (χ3v) is 6.07. The van der Waals surface area contributed by atoms with Crippen LogP contribution in [0.3, 0.4) is 0 Å². The highest BCUT2D eigenvalue weighted by molar-refractivity contribution is 9.10. The summed E-state index contributed by atoms with van der Waals surface area (Å²) in [5.74, 6) is 0.198. The van der Waals surface area contributed by atoms with Gasteiger partial charge in [-0.3, -0.25) is 0 Å². The molecule has 0 radical (unpaired) electrons. The Bertz CT molecular complexity index is 540. The monoisotopic (exact) mass is 360 g/mol. The number of rotatable bonds is 5. The lowest BCUT2D eigenvalue weighted by Crippen LogP contribution is -2.45. The number of piperidine rings is 1. The van der Waals surface area contributed by atoms with Crippen LogP contribution in [-0.4, -0.2) is 37.6 Å².